The Balaban J connectivity index is 0. The van der Waals surface area contributed by atoms with Gasteiger partial charge in [0, 0.05) is 0 Å². The molecule has 0 aliphatic heterocycles. The summed E-state index contributed by atoms with van der Waals surface area (Å²) in [5, 5.41) is 0. The fourth-order valence-corrected chi connectivity index (χ4v) is 1.20. The lowest BCUT2D eigenvalue weighted by Gasteiger charge is -2.16. The summed E-state index contributed by atoms with van der Waals surface area (Å²) >= 11 is 0. The van der Waals surface area contributed by atoms with Crippen molar-refractivity contribution in [3.63, 3.8) is 0 Å². The molecule has 0 saturated carbocycles. The van der Waals surface area contributed by atoms with Crippen molar-refractivity contribution >= 4 is 5.96 Å². The van der Waals surface area contributed by atoms with E-state index < -0.39 is 0 Å². The zero-order chi connectivity index (χ0) is 8.31. The minimum Gasteiger partial charge on any atom is -1.00 e. The van der Waals surface area contributed by atoms with Crippen LogP contribution in [-0.4, -0.2) is 62.6 Å². The van der Waals surface area contributed by atoms with Gasteiger partial charge in [0.15, 0.2) is 0 Å². The molecule has 0 aliphatic rings. The third kappa shape index (κ3) is 4.44. The molecule has 0 amide bonds. The van der Waals surface area contributed by atoms with Crippen molar-refractivity contribution in [1.29, 1.82) is 0 Å². The van der Waals surface area contributed by atoms with Gasteiger partial charge in [0.25, 0.3) is 0 Å². The summed E-state index contributed by atoms with van der Waals surface area (Å²) in [6.07, 6.45) is 0. The first kappa shape index (κ1) is 13.6. The second kappa shape index (κ2) is 5.62. The fourth-order valence-electron chi connectivity index (χ4n) is 1.20. The van der Waals surface area contributed by atoms with Crippen molar-refractivity contribution in [2.75, 3.05) is 42.3 Å². The van der Waals surface area contributed by atoms with E-state index in [0.717, 1.165) is 0 Å². The first-order valence-electron chi connectivity index (χ1n) is 3.35. The standard InChI is InChI=1S/C7H18N3.HI/c1-8(2)7(9(3)4)10(5)6;/h1-6H3;1H/q+1;/p-1. The van der Waals surface area contributed by atoms with E-state index in [1.807, 2.05) is 42.3 Å². The first-order valence-corrected chi connectivity index (χ1v) is 3.35. The highest BCUT2D eigenvalue weighted by Gasteiger charge is 2.12. The highest BCUT2D eigenvalue weighted by molar-refractivity contribution is 5.73. The highest BCUT2D eigenvalue weighted by atomic mass is 127. The van der Waals surface area contributed by atoms with Crippen LogP contribution in [-0.2, 0) is 0 Å². The Morgan fingerprint density at radius 1 is 0.909 bits per heavy atom. The molecule has 0 atom stereocenters. The van der Waals surface area contributed by atoms with E-state index in [2.05, 4.69) is 14.4 Å². The van der Waals surface area contributed by atoms with Crippen LogP contribution in [0.4, 0.5) is 0 Å². The molecule has 0 aliphatic carbocycles. The summed E-state index contributed by atoms with van der Waals surface area (Å²) < 4.78 is 2.08. The minimum atomic E-state index is 0. The largest absolute Gasteiger partial charge is 1.00 e. The summed E-state index contributed by atoms with van der Waals surface area (Å²) in [7, 11) is 12.2. The van der Waals surface area contributed by atoms with Gasteiger partial charge in [-0.25, -0.2) is 0 Å². The molecular weight excluding hydrogens is 253 g/mol. The molecule has 0 aromatic heterocycles. The van der Waals surface area contributed by atoms with Crippen molar-refractivity contribution in [3.05, 3.63) is 0 Å². The quantitative estimate of drug-likeness (QED) is 0.198. The molecule has 0 unspecified atom stereocenters. The molecule has 0 rings (SSSR count). The Morgan fingerprint density at radius 3 is 1.18 bits per heavy atom. The van der Waals surface area contributed by atoms with Crippen LogP contribution in [0.15, 0.2) is 0 Å². The lowest BCUT2D eigenvalue weighted by molar-refractivity contribution is -0.475. The maximum absolute atomic E-state index is 2.08. The minimum absolute atomic E-state index is 0. The topological polar surface area (TPSA) is 9.49 Å². The van der Waals surface area contributed by atoms with Crippen LogP contribution in [0.3, 0.4) is 0 Å². The number of halogens is 1. The monoisotopic (exact) mass is 271 g/mol. The summed E-state index contributed by atoms with van der Waals surface area (Å²) in [6.45, 7) is 0. The predicted molar refractivity (Wildman–Crippen MR) is 44.5 cm³/mol. The second-order valence-electron chi connectivity index (χ2n) is 2.98. The van der Waals surface area contributed by atoms with Crippen molar-refractivity contribution < 1.29 is 28.6 Å². The van der Waals surface area contributed by atoms with Crippen molar-refractivity contribution in [2.24, 2.45) is 0 Å². The molecule has 0 aromatic carbocycles. The molecule has 4 heteroatoms. The normalized spacial score (nSPS) is 8.18. The van der Waals surface area contributed by atoms with Crippen LogP contribution in [0.2, 0.25) is 0 Å². The third-order valence-corrected chi connectivity index (χ3v) is 1.20. The summed E-state index contributed by atoms with van der Waals surface area (Å²) in [6, 6.07) is 0. The number of hydrogen-bond donors (Lipinski definition) is 0. The molecule has 0 bridgehead atoms. The van der Waals surface area contributed by atoms with Crippen LogP contribution in [0.25, 0.3) is 0 Å². The van der Waals surface area contributed by atoms with Gasteiger partial charge in [-0.2, -0.15) is 0 Å². The van der Waals surface area contributed by atoms with E-state index in [4.69, 9.17) is 0 Å². The highest BCUT2D eigenvalue weighted by Crippen LogP contribution is 1.84. The predicted octanol–water partition coefficient (Wildman–Crippen LogP) is -3.26. The zero-order valence-electron chi connectivity index (χ0n) is 8.22. The van der Waals surface area contributed by atoms with Crippen LogP contribution < -0.4 is 24.0 Å². The molecule has 0 spiro atoms. The Labute approximate surface area is 86.7 Å². The van der Waals surface area contributed by atoms with E-state index in [9.17, 15) is 0 Å². The molecule has 0 aromatic rings. The first-order chi connectivity index (χ1) is 4.46. The third-order valence-electron chi connectivity index (χ3n) is 1.20. The van der Waals surface area contributed by atoms with E-state index >= 15 is 0 Å². The SMILES string of the molecule is CN(C)C(N(C)C)=[N+](C)C.[I-]. The summed E-state index contributed by atoms with van der Waals surface area (Å²) in [4.78, 5) is 4.17. The summed E-state index contributed by atoms with van der Waals surface area (Å²) in [5.74, 6) is 1.19. The molecular formula is C7H18IN3. The lowest BCUT2D eigenvalue weighted by Crippen LogP contribution is -3.00. The molecule has 0 fully saturated rings. The van der Waals surface area contributed by atoms with Gasteiger partial charge >= 0.3 is 5.96 Å². The van der Waals surface area contributed by atoms with Crippen molar-refractivity contribution in [1.82, 2.24) is 9.80 Å². The van der Waals surface area contributed by atoms with Gasteiger partial charge in [-0.3, -0.25) is 14.4 Å². The molecule has 0 N–H and O–H groups in total. The van der Waals surface area contributed by atoms with Gasteiger partial charge in [0.05, 0.1) is 42.3 Å². The molecule has 0 radical (unpaired) electrons. The van der Waals surface area contributed by atoms with Gasteiger partial charge < -0.3 is 24.0 Å². The van der Waals surface area contributed by atoms with Crippen molar-refractivity contribution in [3.8, 4) is 0 Å². The average molecular weight is 271 g/mol. The van der Waals surface area contributed by atoms with E-state index in [0.29, 0.717) is 0 Å². The maximum Gasteiger partial charge on any atom is 0.349 e. The number of hydrogen-bond acceptors (Lipinski definition) is 0. The molecule has 11 heavy (non-hydrogen) atoms. The smallest absolute Gasteiger partial charge is 0.349 e. The Bertz CT molecular complexity index is 127. The van der Waals surface area contributed by atoms with Gasteiger partial charge in [-0.05, 0) is 0 Å². The van der Waals surface area contributed by atoms with Crippen molar-refractivity contribution in [2.45, 2.75) is 0 Å². The van der Waals surface area contributed by atoms with E-state index in [-0.39, 0.29) is 24.0 Å². The van der Waals surface area contributed by atoms with Gasteiger partial charge in [-0.15, -0.1) is 0 Å². The van der Waals surface area contributed by atoms with E-state index in [1.54, 1.807) is 0 Å². The molecule has 3 nitrogen and oxygen atoms in total. The Kier molecular flexibility index (Phi) is 6.94. The number of guanidine groups is 1. The maximum atomic E-state index is 2.08. The molecule has 68 valence electrons. The molecule has 0 saturated heterocycles. The molecule has 0 heterocycles. The van der Waals surface area contributed by atoms with Gasteiger partial charge in [-0.1, -0.05) is 0 Å². The van der Waals surface area contributed by atoms with Crippen LogP contribution in [0.1, 0.15) is 0 Å². The van der Waals surface area contributed by atoms with Crippen LogP contribution in [0.5, 0.6) is 0 Å². The Hall–Kier alpha value is 0. The summed E-state index contributed by atoms with van der Waals surface area (Å²) in [5.41, 5.74) is 0. The van der Waals surface area contributed by atoms with Crippen LogP contribution in [0, 0.1) is 0 Å². The van der Waals surface area contributed by atoms with Crippen LogP contribution >= 0.6 is 0 Å². The lowest BCUT2D eigenvalue weighted by atomic mass is 10.7. The van der Waals surface area contributed by atoms with Gasteiger partial charge in [0.1, 0.15) is 0 Å². The number of nitrogens with zero attached hydrogens (tertiary/aromatic N) is 3. The van der Waals surface area contributed by atoms with E-state index in [1.165, 1.54) is 5.96 Å². The Morgan fingerprint density at radius 2 is 1.18 bits per heavy atom. The number of rotatable bonds is 0. The van der Waals surface area contributed by atoms with Gasteiger partial charge in [0.2, 0.25) is 0 Å². The second-order valence-corrected chi connectivity index (χ2v) is 2.98. The zero-order valence-corrected chi connectivity index (χ0v) is 10.4. The average Bonchev–Trinajstić information content (AvgIpc) is 1.59. The fraction of sp³-hybridized carbons (Fsp3) is 0.857.